The maximum absolute atomic E-state index is 12.3. The van der Waals surface area contributed by atoms with Crippen LogP contribution < -0.4 is 0 Å². The number of hydrogen-bond donors (Lipinski definition) is 0. The van der Waals surface area contributed by atoms with Crippen LogP contribution in [0, 0.1) is 0 Å². The zero-order chi connectivity index (χ0) is 17.6. The first kappa shape index (κ1) is 17.2. The summed E-state index contributed by atoms with van der Waals surface area (Å²) in [5.74, 6) is 0.718. The number of rotatable bonds is 7. The van der Waals surface area contributed by atoms with Crippen LogP contribution in [0.4, 0.5) is 0 Å². The van der Waals surface area contributed by atoms with Crippen LogP contribution in [0.1, 0.15) is 12.0 Å². The van der Waals surface area contributed by atoms with Crippen molar-refractivity contribution >= 4 is 17.7 Å². The Labute approximate surface area is 149 Å². The number of hydrogen-bond acceptors (Lipinski definition) is 6. The smallest absolute Gasteiger partial charge is 0.223 e. The molecule has 0 aliphatic rings. The van der Waals surface area contributed by atoms with Crippen LogP contribution in [-0.4, -0.2) is 53.6 Å². The molecule has 0 N–H and O–H groups in total. The number of benzene rings is 1. The van der Waals surface area contributed by atoms with E-state index in [2.05, 4.69) is 20.6 Å². The normalized spacial score (nSPS) is 10.8. The average Bonchev–Trinajstić information content (AvgIpc) is 3.25. The minimum Gasteiger partial charge on any atom is -0.341 e. The number of nitrogens with zero attached hydrogens (tertiary/aromatic N) is 7. The first-order valence-corrected chi connectivity index (χ1v) is 8.80. The number of para-hydroxylation sites is 1. The van der Waals surface area contributed by atoms with E-state index >= 15 is 0 Å². The number of carbonyl (C=O) groups excluding carboxylic acids is 1. The van der Waals surface area contributed by atoms with Gasteiger partial charge in [-0.05, 0) is 22.6 Å². The minimum atomic E-state index is 0.0788. The van der Waals surface area contributed by atoms with Crippen molar-refractivity contribution in [2.75, 3.05) is 12.8 Å². The average molecular weight is 357 g/mol. The summed E-state index contributed by atoms with van der Waals surface area (Å²) in [4.78, 5) is 14.0. The zero-order valence-corrected chi connectivity index (χ0v) is 14.9. The van der Waals surface area contributed by atoms with Crippen LogP contribution in [0.25, 0.3) is 5.69 Å². The summed E-state index contributed by atoms with van der Waals surface area (Å²) in [5.41, 5.74) is 1.99. The van der Waals surface area contributed by atoms with Crippen molar-refractivity contribution < 1.29 is 4.79 Å². The van der Waals surface area contributed by atoms with Crippen LogP contribution in [0.3, 0.4) is 0 Å². The highest BCUT2D eigenvalue weighted by Crippen LogP contribution is 2.15. The molecular weight excluding hydrogens is 338 g/mol. The quantitative estimate of drug-likeness (QED) is 0.597. The molecule has 2 heterocycles. The van der Waals surface area contributed by atoms with Crippen LogP contribution in [0.15, 0.2) is 47.9 Å². The maximum Gasteiger partial charge on any atom is 0.223 e. The van der Waals surface area contributed by atoms with Gasteiger partial charge in [0.05, 0.1) is 11.9 Å². The molecule has 3 rings (SSSR count). The van der Waals surface area contributed by atoms with E-state index < -0.39 is 0 Å². The first-order chi connectivity index (χ1) is 12.1. The SMILES string of the molecule is CN(Cc1cnn(-c2ccccc2)c1)C(=O)CCSc1nnnn1C. The molecule has 0 atom stereocenters. The Morgan fingerprint density at radius 2 is 2.08 bits per heavy atom. The Morgan fingerprint density at radius 1 is 1.28 bits per heavy atom. The summed E-state index contributed by atoms with van der Waals surface area (Å²) in [6.07, 6.45) is 4.16. The van der Waals surface area contributed by atoms with Gasteiger partial charge in [-0.3, -0.25) is 4.79 Å². The zero-order valence-electron chi connectivity index (χ0n) is 14.1. The van der Waals surface area contributed by atoms with E-state index in [1.54, 1.807) is 29.9 Å². The molecule has 0 radical (unpaired) electrons. The Hall–Kier alpha value is -2.68. The lowest BCUT2D eigenvalue weighted by Gasteiger charge is -2.15. The molecule has 0 unspecified atom stereocenters. The van der Waals surface area contributed by atoms with Crippen molar-refractivity contribution in [1.29, 1.82) is 0 Å². The van der Waals surface area contributed by atoms with E-state index in [0.29, 0.717) is 23.9 Å². The van der Waals surface area contributed by atoms with Gasteiger partial charge in [0.25, 0.3) is 0 Å². The highest BCUT2D eigenvalue weighted by atomic mass is 32.2. The first-order valence-electron chi connectivity index (χ1n) is 7.81. The maximum atomic E-state index is 12.3. The van der Waals surface area contributed by atoms with Crippen molar-refractivity contribution in [2.45, 2.75) is 18.1 Å². The monoisotopic (exact) mass is 357 g/mol. The van der Waals surface area contributed by atoms with E-state index in [4.69, 9.17) is 0 Å². The van der Waals surface area contributed by atoms with Gasteiger partial charge in [0.15, 0.2) is 0 Å². The summed E-state index contributed by atoms with van der Waals surface area (Å²) in [6.45, 7) is 0.530. The second-order valence-corrected chi connectivity index (χ2v) is 6.62. The molecule has 0 bridgehead atoms. The second-order valence-electron chi connectivity index (χ2n) is 5.56. The summed E-state index contributed by atoms with van der Waals surface area (Å²) >= 11 is 1.47. The molecule has 1 aromatic carbocycles. The number of carbonyl (C=O) groups is 1. The van der Waals surface area contributed by atoms with Crippen LogP contribution in [0.2, 0.25) is 0 Å². The van der Waals surface area contributed by atoms with E-state index in [0.717, 1.165) is 11.3 Å². The number of tetrazole rings is 1. The predicted octanol–water partition coefficient (Wildman–Crippen LogP) is 1.54. The van der Waals surface area contributed by atoms with Gasteiger partial charge in [-0.2, -0.15) is 5.10 Å². The Morgan fingerprint density at radius 3 is 2.80 bits per heavy atom. The Kier molecular flexibility index (Phi) is 5.44. The number of aromatic nitrogens is 6. The fraction of sp³-hybridized carbons (Fsp3) is 0.312. The van der Waals surface area contributed by atoms with Crippen molar-refractivity contribution in [3.8, 4) is 5.69 Å². The molecule has 9 heteroatoms. The Balaban J connectivity index is 1.50. The molecule has 3 aromatic rings. The summed E-state index contributed by atoms with van der Waals surface area (Å²) in [6, 6.07) is 9.89. The van der Waals surface area contributed by atoms with Gasteiger partial charge >= 0.3 is 0 Å². The van der Waals surface area contributed by atoms with E-state index in [1.807, 2.05) is 41.2 Å². The molecule has 130 valence electrons. The van der Waals surface area contributed by atoms with E-state index in [1.165, 1.54) is 11.8 Å². The molecule has 0 fully saturated rings. The lowest BCUT2D eigenvalue weighted by molar-refractivity contribution is -0.129. The predicted molar refractivity (Wildman–Crippen MR) is 94.2 cm³/mol. The summed E-state index contributed by atoms with van der Waals surface area (Å²) in [5, 5.41) is 16.3. The standard InChI is InChI=1S/C16H19N7OS/c1-21(15(24)8-9-25-16-18-19-20-22(16)2)11-13-10-17-23(12-13)14-6-4-3-5-7-14/h3-7,10,12H,8-9,11H2,1-2H3. The third-order valence-corrected chi connectivity index (χ3v) is 4.64. The topological polar surface area (TPSA) is 81.7 Å². The van der Waals surface area contributed by atoms with E-state index in [-0.39, 0.29) is 5.91 Å². The molecule has 0 saturated heterocycles. The van der Waals surface area contributed by atoms with Gasteiger partial charge < -0.3 is 4.90 Å². The lowest BCUT2D eigenvalue weighted by atomic mass is 10.3. The molecule has 8 nitrogen and oxygen atoms in total. The lowest BCUT2D eigenvalue weighted by Crippen LogP contribution is -2.26. The van der Waals surface area contributed by atoms with Gasteiger partial charge in [-0.15, -0.1) is 5.10 Å². The fourth-order valence-electron chi connectivity index (χ4n) is 2.29. The molecular formula is C16H19N7OS. The van der Waals surface area contributed by atoms with E-state index in [9.17, 15) is 4.79 Å². The van der Waals surface area contributed by atoms with Gasteiger partial charge in [0.1, 0.15) is 0 Å². The molecule has 0 saturated carbocycles. The van der Waals surface area contributed by atoms with Gasteiger partial charge in [0, 0.05) is 44.6 Å². The third-order valence-electron chi connectivity index (χ3n) is 3.63. The highest BCUT2D eigenvalue weighted by Gasteiger charge is 2.12. The van der Waals surface area contributed by atoms with Gasteiger partial charge in [0.2, 0.25) is 11.1 Å². The third kappa shape index (κ3) is 4.44. The highest BCUT2D eigenvalue weighted by molar-refractivity contribution is 7.99. The number of aryl methyl sites for hydroxylation is 1. The summed E-state index contributed by atoms with van der Waals surface area (Å²) in [7, 11) is 3.58. The van der Waals surface area contributed by atoms with Crippen molar-refractivity contribution in [1.82, 2.24) is 34.9 Å². The number of thioether (sulfide) groups is 1. The van der Waals surface area contributed by atoms with Gasteiger partial charge in [-0.1, -0.05) is 30.0 Å². The van der Waals surface area contributed by atoms with Gasteiger partial charge in [-0.25, -0.2) is 9.36 Å². The number of amides is 1. The molecule has 0 aliphatic heterocycles. The Bertz CT molecular complexity index is 830. The minimum absolute atomic E-state index is 0.0788. The molecule has 0 spiro atoms. The largest absolute Gasteiger partial charge is 0.341 e. The van der Waals surface area contributed by atoms with Crippen LogP contribution >= 0.6 is 11.8 Å². The van der Waals surface area contributed by atoms with Crippen molar-refractivity contribution in [2.24, 2.45) is 7.05 Å². The fourth-order valence-corrected chi connectivity index (χ4v) is 3.07. The molecule has 0 aliphatic carbocycles. The molecule has 1 amide bonds. The van der Waals surface area contributed by atoms with Crippen LogP contribution in [0.5, 0.6) is 0 Å². The second kappa shape index (κ2) is 7.93. The van der Waals surface area contributed by atoms with Crippen LogP contribution in [-0.2, 0) is 18.4 Å². The van der Waals surface area contributed by atoms with Crippen molar-refractivity contribution in [3.63, 3.8) is 0 Å². The van der Waals surface area contributed by atoms with Crippen molar-refractivity contribution in [3.05, 3.63) is 48.3 Å². The molecule has 2 aromatic heterocycles. The summed E-state index contributed by atoms with van der Waals surface area (Å²) < 4.78 is 3.40. The molecule has 25 heavy (non-hydrogen) atoms.